The first-order chi connectivity index (χ1) is 19.2. The Bertz CT molecular complexity index is 1190. The van der Waals surface area contributed by atoms with Crippen LogP contribution < -0.4 is 5.32 Å². The van der Waals surface area contributed by atoms with E-state index in [0.717, 1.165) is 11.3 Å². The SMILES string of the molecule is COC(=O)C1=CO[C@@H](O[C@@H]2O[C@H](CO)[C@@H](O)[C@H](O)[C@H]2O)[C@H]2[C@@H]1C[C@@H]1N(CC[C@]13C(=O)Nc1ccccc13)C[C@@H]2O. The van der Waals surface area contributed by atoms with Crippen LogP contribution in [0, 0.1) is 11.8 Å². The molecule has 0 bridgehead atoms. The highest BCUT2D eigenvalue weighted by molar-refractivity contribution is 6.07. The molecule has 5 aliphatic rings. The normalized spacial score (nSPS) is 42.6. The summed E-state index contributed by atoms with van der Waals surface area (Å²) in [6.07, 6.45) is -7.92. The minimum Gasteiger partial charge on any atom is -0.471 e. The van der Waals surface area contributed by atoms with Crippen LogP contribution in [-0.4, -0.2) is 118 Å². The van der Waals surface area contributed by atoms with Gasteiger partial charge < -0.3 is 49.8 Å². The lowest BCUT2D eigenvalue weighted by Gasteiger charge is -2.44. The molecule has 1 aromatic rings. The number of ether oxygens (including phenoxy) is 4. The first-order valence-corrected chi connectivity index (χ1v) is 13.4. The van der Waals surface area contributed by atoms with Gasteiger partial charge in [0.05, 0.1) is 43.0 Å². The van der Waals surface area contributed by atoms with Gasteiger partial charge in [0, 0.05) is 30.7 Å². The van der Waals surface area contributed by atoms with Gasteiger partial charge in [0.15, 0.2) is 6.29 Å². The number of hydrogen-bond acceptors (Lipinski definition) is 12. The number of esters is 1. The standard InChI is InChI=1S/C27H34N2O11/c1-37-23(35)13-11-38-24(40-25-22(34)21(33)20(32)17(10-30)39-25)19-12(13)8-18-27(6-7-29(18)9-16(19)31)14-4-2-3-5-15(14)28-26(27)36/h2-5,11-12,16-22,24-25,30-34H,6-10H2,1H3,(H,28,36)/t12-,16+,17-,18+,19+,20-,21+,22-,24+,25+,27-/m1/s1. The first-order valence-electron chi connectivity index (χ1n) is 13.4. The third-order valence-corrected chi connectivity index (χ3v) is 9.25. The molecule has 0 saturated carbocycles. The number of aliphatic hydroxyl groups is 5. The van der Waals surface area contributed by atoms with Crippen molar-refractivity contribution >= 4 is 17.6 Å². The largest absolute Gasteiger partial charge is 0.471 e. The molecule has 3 fully saturated rings. The highest BCUT2D eigenvalue weighted by Gasteiger charge is 2.61. The van der Waals surface area contributed by atoms with Crippen molar-refractivity contribution in [1.82, 2.24) is 4.90 Å². The van der Waals surface area contributed by atoms with E-state index >= 15 is 0 Å². The second-order valence-electron chi connectivity index (χ2n) is 11.1. The van der Waals surface area contributed by atoms with E-state index in [1.54, 1.807) is 0 Å². The monoisotopic (exact) mass is 562 g/mol. The quantitative estimate of drug-likeness (QED) is 0.226. The maximum absolute atomic E-state index is 13.6. The van der Waals surface area contributed by atoms with E-state index in [2.05, 4.69) is 10.2 Å². The number of methoxy groups -OCH3 is 1. The van der Waals surface area contributed by atoms with Crippen molar-refractivity contribution in [3.63, 3.8) is 0 Å². The second kappa shape index (κ2) is 10.3. The third kappa shape index (κ3) is 4.07. The van der Waals surface area contributed by atoms with Gasteiger partial charge in [-0.25, -0.2) is 4.79 Å². The van der Waals surface area contributed by atoms with Crippen LogP contribution in [0.4, 0.5) is 5.69 Å². The number of carbonyl (C=O) groups is 2. The number of rotatable bonds is 4. The molecular weight excluding hydrogens is 528 g/mol. The molecule has 13 nitrogen and oxygen atoms in total. The average molecular weight is 563 g/mol. The number of para-hydroxylation sites is 1. The number of benzene rings is 1. The predicted octanol–water partition coefficient (Wildman–Crippen LogP) is -1.82. The van der Waals surface area contributed by atoms with E-state index in [1.165, 1.54) is 13.4 Å². The second-order valence-corrected chi connectivity index (χ2v) is 11.1. The Morgan fingerprint density at radius 1 is 1.15 bits per heavy atom. The highest BCUT2D eigenvalue weighted by Crippen LogP contribution is 2.53. The van der Waals surface area contributed by atoms with Crippen molar-refractivity contribution in [2.75, 3.05) is 32.1 Å². The van der Waals surface area contributed by atoms with Gasteiger partial charge in [-0.2, -0.15) is 0 Å². The average Bonchev–Trinajstić information content (AvgIpc) is 3.40. The molecule has 1 amide bonds. The molecule has 1 spiro atoms. The van der Waals surface area contributed by atoms with Crippen molar-refractivity contribution < 1.29 is 54.1 Å². The zero-order valence-corrected chi connectivity index (χ0v) is 21.8. The van der Waals surface area contributed by atoms with Crippen LogP contribution in [0.3, 0.4) is 0 Å². The molecule has 6 N–H and O–H groups in total. The van der Waals surface area contributed by atoms with Crippen LogP contribution in [0.25, 0.3) is 0 Å². The third-order valence-electron chi connectivity index (χ3n) is 9.25. The van der Waals surface area contributed by atoms with Gasteiger partial charge in [-0.1, -0.05) is 18.2 Å². The van der Waals surface area contributed by atoms with E-state index in [1.807, 2.05) is 24.3 Å². The molecule has 5 aliphatic heterocycles. The Labute approximate surface area is 229 Å². The summed E-state index contributed by atoms with van der Waals surface area (Å²) in [5.41, 5.74) is 0.925. The summed E-state index contributed by atoms with van der Waals surface area (Å²) in [5, 5.41) is 55.0. The van der Waals surface area contributed by atoms with Crippen LogP contribution >= 0.6 is 0 Å². The number of hydrogen-bond donors (Lipinski definition) is 6. The summed E-state index contributed by atoms with van der Waals surface area (Å²) in [6, 6.07) is 7.17. The summed E-state index contributed by atoms with van der Waals surface area (Å²) < 4.78 is 22.2. The highest BCUT2D eigenvalue weighted by atomic mass is 16.8. The molecule has 0 radical (unpaired) electrons. The molecule has 0 unspecified atom stereocenters. The molecule has 3 saturated heterocycles. The molecular formula is C27H34N2O11. The maximum atomic E-state index is 13.6. The van der Waals surface area contributed by atoms with Gasteiger partial charge >= 0.3 is 5.97 Å². The molecule has 11 atom stereocenters. The maximum Gasteiger partial charge on any atom is 0.337 e. The number of amides is 1. The Morgan fingerprint density at radius 3 is 2.67 bits per heavy atom. The van der Waals surface area contributed by atoms with Crippen LogP contribution in [0.5, 0.6) is 0 Å². The van der Waals surface area contributed by atoms with E-state index < -0.39 is 72.9 Å². The first kappa shape index (κ1) is 27.5. The van der Waals surface area contributed by atoms with Crippen molar-refractivity contribution in [1.29, 1.82) is 0 Å². The zero-order valence-electron chi connectivity index (χ0n) is 21.8. The Kier molecular flexibility index (Phi) is 7.12. The lowest BCUT2D eigenvalue weighted by Crippen LogP contribution is -2.60. The van der Waals surface area contributed by atoms with Crippen LogP contribution in [0.15, 0.2) is 36.1 Å². The van der Waals surface area contributed by atoms with Crippen LogP contribution in [0.1, 0.15) is 18.4 Å². The van der Waals surface area contributed by atoms with Gasteiger partial charge in [-0.15, -0.1) is 0 Å². The van der Waals surface area contributed by atoms with Gasteiger partial charge in [-0.3, -0.25) is 9.69 Å². The van der Waals surface area contributed by atoms with Gasteiger partial charge in [0.25, 0.3) is 0 Å². The number of anilines is 1. The van der Waals surface area contributed by atoms with E-state index in [0.29, 0.717) is 19.4 Å². The fraction of sp³-hybridized carbons (Fsp3) is 0.630. The predicted molar refractivity (Wildman–Crippen MR) is 134 cm³/mol. The smallest absolute Gasteiger partial charge is 0.337 e. The minimum absolute atomic E-state index is 0.126. The molecule has 0 aromatic heterocycles. The van der Waals surface area contributed by atoms with Crippen molar-refractivity contribution in [2.24, 2.45) is 11.8 Å². The van der Waals surface area contributed by atoms with Crippen LogP contribution in [-0.2, 0) is 34.0 Å². The van der Waals surface area contributed by atoms with Gasteiger partial charge in [0.1, 0.15) is 24.4 Å². The summed E-state index contributed by atoms with van der Waals surface area (Å²) in [6.45, 7) is 0.0638. The molecule has 6 rings (SSSR count). The van der Waals surface area contributed by atoms with Crippen molar-refractivity contribution in [3.05, 3.63) is 41.7 Å². The summed E-state index contributed by atoms with van der Waals surface area (Å²) in [4.78, 5) is 28.5. The number of fused-ring (bicyclic) bond motifs is 5. The molecule has 13 heteroatoms. The Balaban J connectivity index is 1.35. The molecule has 218 valence electrons. The summed E-state index contributed by atoms with van der Waals surface area (Å²) in [7, 11) is 1.24. The Morgan fingerprint density at radius 2 is 1.93 bits per heavy atom. The topological polar surface area (TPSA) is 187 Å². The van der Waals surface area contributed by atoms with Crippen LogP contribution in [0.2, 0.25) is 0 Å². The summed E-state index contributed by atoms with van der Waals surface area (Å²) >= 11 is 0. The number of aliphatic hydroxyl groups excluding tert-OH is 5. The molecule has 5 heterocycles. The lowest BCUT2D eigenvalue weighted by molar-refractivity contribution is -0.345. The van der Waals surface area contributed by atoms with E-state index in [-0.39, 0.29) is 24.1 Å². The fourth-order valence-electron chi connectivity index (χ4n) is 7.24. The van der Waals surface area contributed by atoms with E-state index in [9.17, 15) is 35.1 Å². The van der Waals surface area contributed by atoms with Gasteiger partial charge in [-0.05, 0) is 24.5 Å². The van der Waals surface area contributed by atoms with Crippen molar-refractivity contribution in [3.8, 4) is 0 Å². The lowest BCUT2D eigenvalue weighted by atomic mass is 9.69. The number of nitrogens with zero attached hydrogens (tertiary/aromatic N) is 1. The van der Waals surface area contributed by atoms with Crippen molar-refractivity contribution in [2.45, 2.75) is 67.4 Å². The molecule has 40 heavy (non-hydrogen) atoms. The van der Waals surface area contributed by atoms with Gasteiger partial charge in [0.2, 0.25) is 12.2 Å². The Hall–Kier alpha value is -2.62. The minimum atomic E-state index is -1.68. The molecule has 1 aromatic carbocycles. The number of carbonyl (C=O) groups excluding carboxylic acids is 2. The summed E-state index contributed by atoms with van der Waals surface area (Å²) in [5.74, 6) is -2.30. The van der Waals surface area contributed by atoms with E-state index in [4.69, 9.17) is 18.9 Å². The number of nitrogens with one attached hydrogen (secondary N) is 1. The zero-order chi connectivity index (χ0) is 28.3. The molecule has 0 aliphatic carbocycles. The fourth-order valence-corrected chi connectivity index (χ4v) is 7.24.